The van der Waals surface area contributed by atoms with E-state index in [1.165, 1.54) is 7.11 Å². The van der Waals surface area contributed by atoms with Crippen LogP contribution in [0.25, 0.3) is 0 Å². The number of likely N-dealkylation sites (N-methyl/N-ethyl adjacent to an activating group) is 1. The van der Waals surface area contributed by atoms with Crippen molar-refractivity contribution >= 4 is 52.5 Å². The zero-order valence-electron chi connectivity index (χ0n) is 10.0. The number of hydrogen-bond acceptors (Lipinski definition) is 3. The Labute approximate surface area is 131 Å². The molecule has 1 rings (SSSR count). The number of nitrogens with one attached hydrogen (secondary N) is 2. The molecule has 0 heterocycles. The van der Waals surface area contributed by atoms with Crippen LogP contribution in [0.1, 0.15) is 10.4 Å². The fraction of sp³-hybridized carbons (Fsp3) is 0.364. The smallest absolute Gasteiger partial charge is 0.255 e. The van der Waals surface area contributed by atoms with E-state index < -0.39 is 0 Å². The summed E-state index contributed by atoms with van der Waals surface area (Å²) in [5, 5.41) is 6.28. The normalized spacial score (nSPS) is 9.56. The Kier molecular flexibility index (Phi) is 8.67. The van der Waals surface area contributed by atoms with Crippen molar-refractivity contribution in [3.63, 3.8) is 0 Å². The van der Waals surface area contributed by atoms with Gasteiger partial charge in [0.1, 0.15) is 5.75 Å². The van der Waals surface area contributed by atoms with E-state index in [1.807, 2.05) is 7.05 Å². The second kappa shape index (κ2) is 8.79. The van der Waals surface area contributed by atoms with Crippen molar-refractivity contribution in [2.24, 2.45) is 0 Å². The average molecular weight is 405 g/mol. The number of methoxy groups -OCH3 is 1. The predicted molar refractivity (Wildman–Crippen MR) is 84.2 cm³/mol. The minimum absolute atomic E-state index is 0. The molecule has 0 saturated heterocycles. The van der Waals surface area contributed by atoms with Crippen molar-refractivity contribution in [1.82, 2.24) is 10.6 Å². The third-order valence-electron chi connectivity index (χ3n) is 2.15. The molecule has 0 fully saturated rings. The van der Waals surface area contributed by atoms with E-state index in [4.69, 9.17) is 16.3 Å². The maximum atomic E-state index is 11.9. The summed E-state index contributed by atoms with van der Waals surface area (Å²) < 4.78 is 6.02. The van der Waals surface area contributed by atoms with E-state index in [9.17, 15) is 4.79 Å². The summed E-state index contributed by atoms with van der Waals surface area (Å²) in [6.07, 6.45) is 0. The van der Waals surface area contributed by atoms with E-state index in [2.05, 4.69) is 33.2 Å². The maximum absolute atomic E-state index is 11.9. The summed E-state index contributed by atoms with van der Waals surface area (Å²) in [7, 11) is 3.36. The number of carbonyl (C=O) groups excluding carboxylic acids is 1. The first-order valence-corrected chi connectivity index (χ1v) is 6.51. The van der Waals surface area contributed by atoms with Gasteiger partial charge < -0.3 is 15.4 Å². The molecule has 4 nitrogen and oxygen atoms in total. The molecule has 0 radical (unpaired) electrons. The molecule has 1 aromatic rings. The first kappa shape index (κ1) is 17.8. The molecule has 0 bridgehead atoms. The minimum Gasteiger partial charge on any atom is -0.496 e. The molecule has 0 atom stereocenters. The number of halogens is 3. The lowest BCUT2D eigenvalue weighted by atomic mass is 10.2. The monoisotopic (exact) mass is 404 g/mol. The van der Waals surface area contributed by atoms with Crippen LogP contribution in [0.2, 0.25) is 5.02 Å². The Morgan fingerprint density at radius 2 is 2.11 bits per heavy atom. The summed E-state index contributed by atoms with van der Waals surface area (Å²) in [6.45, 7) is 1.27. The number of benzene rings is 1. The second-order valence-electron chi connectivity index (χ2n) is 3.33. The molecular formula is C11H15Cl2IN2O2. The summed E-state index contributed by atoms with van der Waals surface area (Å²) in [5.41, 5.74) is 0.453. The van der Waals surface area contributed by atoms with Crippen molar-refractivity contribution in [2.75, 3.05) is 27.2 Å². The highest BCUT2D eigenvalue weighted by atomic mass is 127. The fourth-order valence-electron chi connectivity index (χ4n) is 1.27. The first-order valence-electron chi connectivity index (χ1n) is 5.06. The summed E-state index contributed by atoms with van der Waals surface area (Å²) >= 11 is 8.09. The third kappa shape index (κ3) is 4.79. The highest BCUT2D eigenvalue weighted by Crippen LogP contribution is 2.28. The molecule has 1 amide bonds. The molecule has 102 valence electrons. The van der Waals surface area contributed by atoms with Crippen molar-refractivity contribution < 1.29 is 9.53 Å². The second-order valence-corrected chi connectivity index (χ2v) is 4.90. The van der Waals surface area contributed by atoms with Crippen LogP contribution in [0, 0.1) is 3.57 Å². The van der Waals surface area contributed by atoms with Gasteiger partial charge in [0, 0.05) is 16.7 Å². The van der Waals surface area contributed by atoms with Gasteiger partial charge in [-0.25, -0.2) is 0 Å². The van der Waals surface area contributed by atoms with Gasteiger partial charge in [0.15, 0.2) is 0 Å². The SMILES string of the molecule is CNCCNC(=O)c1cc(Cl)c(I)cc1OC.Cl. The van der Waals surface area contributed by atoms with Gasteiger partial charge >= 0.3 is 0 Å². The molecule has 0 aliphatic carbocycles. The van der Waals surface area contributed by atoms with Crippen molar-refractivity contribution in [1.29, 1.82) is 0 Å². The van der Waals surface area contributed by atoms with E-state index in [-0.39, 0.29) is 18.3 Å². The first-order chi connectivity index (χ1) is 8.10. The van der Waals surface area contributed by atoms with Crippen LogP contribution in [0.4, 0.5) is 0 Å². The van der Waals surface area contributed by atoms with E-state index in [0.717, 1.165) is 3.57 Å². The van der Waals surface area contributed by atoms with Crippen molar-refractivity contribution in [3.8, 4) is 5.75 Å². The van der Waals surface area contributed by atoms with Crippen LogP contribution in [0.15, 0.2) is 12.1 Å². The molecule has 0 saturated carbocycles. The number of hydrogen-bond donors (Lipinski definition) is 2. The van der Waals surface area contributed by atoms with Crippen LogP contribution < -0.4 is 15.4 Å². The topological polar surface area (TPSA) is 50.4 Å². The fourth-order valence-corrected chi connectivity index (χ4v) is 1.87. The Hall–Kier alpha value is -0.240. The average Bonchev–Trinajstić information content (AvgIpc) is 2.32. The number of carbonyl (C=O) groups is 1. The van der Waals surface area contributed by atoms with Gasteiger partial charge in [-0.1, -0.05) is 11.6 Å². The number of rotatable bonds is 5. The Morgan fingerprint density at radius 1 is 1.44 bits per heavy atom. The Balaban J connectivity index is 0.00000289. The molecule has 7 heteroatoms. The van der Waals surface area contributed by atoms with E-state index in [0.29, 0.717) is 29.4 Å². The Morgan fingerprint density at radius 3 is 2.67 bits per heavy atom. The standard InChI is InChI=1S/C11H14ClIN2O2.ClH/c1-14-3-4-15-11(16)7-5-8(12)9(13)6-10(7)17-2;/h5-6,14H,3-4H2,1-2H3,(H,15,16);1H. The predicted octanol–water partition coefficient (Wildman–Crippen LogP) is 2.32. The highest BCUT2D eigenvalue weighted by Gasteiger charge is 2.14. The molecule has 0 spiro atoms. The van der Waals surface area contributed by atoms with Gasteiger partial charge in [-0.15, -0.1) is 12.4 Å². The molecular weight excluding hydrogens is 390 g/mol. The van der Waals surface area contributed by atoms with Crippen LogP contribution in [-0.2, 0) is 0 Å². The number of ether oxygens (including phenoxy) is 1. The molecule has 0 aliphatic rings. The van der Waals surface area contributed by atoms with E-state index in [1.54, 1.807) is 12.1 Å². The molecule has 1 aromatic carbocycles. The van der Waals surface area contributed by atoms with Gasteiger partial charge in [0.05, 0.1) is 17.7 Å². The molecule has 0 aliphatic heterocycles. The lowest BCUT2D eigenvalue weighted by Gasteiger charge is -2.10. The van der Waals surface area contributed by atoms with Gasteiger partial charge in [-0.2, -0.15) is 0 Å². The number of amides is 1. The lowest BCUT2D eigenvalue weighted by Crippen LogP contribution is -2.30. The quantitative estimate of drug-likeness (QED) is 0.585. The largest absolute Gasteiger partial charge is 0.496 e. The zero-order chi connectivity index (χ0) is 12.8. The van der Waals surface area contributed by atoms with Crippen LogP contribution in [0.5, 0.6) is 5.75 Å². The van der Waals surface area contributed by atoms with Crippen molar-refractivity contribution in [3.05, 3.63) is 26.3 Å². The third-order valence-corrected chi connectivity index (χ3v) is 3.67. The Bertz CT molecular complexity index is 416. The zero-order valence-corrected chi connectivity index (χ0v) is 13.8. The van der Waals surface area contributed by atoms with Gasteiger partial charge in [-0.3, -0.25) is 4.79 Å². The molecule has 0 aromatic heterocycles. The minimum atomic E-state index is -0.185. The van der Waals surface area contributed by atoms with Crippen LogP contribution >= 0.6 is 46.6 Å². The van der Waals surface area contributed by atoms with Gasteiger partial charge in [0.2, 0.25) is 0 Å². The highest BCUT2D eigenvalue weighted by molar-refractivity contribution is 14.1. The molecule has 2 N–H and O–H groups in total. The summed E-state index contributed by atoms with van der Waals surface area (Å²) in [6, 6.07) is 3.37. The molecule has 18 heavy (non-hydrogen) atoms. The maximum Gasteiger partial charge on any atom is 0.255 e. The van der Waals surface area contributed by atoms with E-state index >= 15 is 0 Å². The van der Waals surface area contributed by atoms with Crippen LogP contribution in [-0.4, -0.2) is 33.2 Å². The summed E-state index contributed by atoms with van der Waals surface area (Å²) in [4.78, 5) is 11.9. The van der Waals surface area contributed by atoms with Crippen LogP contribution in [0.3, 0.4) is 0 Å². The lowest BCUT2D eigenvalue weighted by molar-refractivity contribution is 0.0951. The van der Waals surface area contributed by atoms with Gasteiger partial charge in [0.25, 0.3) is 5.91 Å². The van der Waals surface area contributed by atoms with Gasteiger partial charge in [-0.05, 0) is 41.8 Å². The molecule has 0 unspecified atom stereocenters. The summed E-state index contributed by atoms with van der Waals surface area (Å²) in [5.74, 6) is 0.344. The van der Waals surface area contributed by atoms with Crippen molar-refractivity contribution in [2.45, 2.75) is 0 Å².